The Bertz CT molecular complexity index is 1390. The summed E-state index contributed by atoms with van der Waals surface area (Å²) in [6.07, 6.45) is 7.49. The Morgan fingerprint density at radius 3 is 2.33 bits per heavy atom. The van der Waals surface area contributed by atoms with Crippen LogP contribution >= 0.6 is 0 Å². The van der Waals surface area contributed by atoms with Crippen LogP contribution in [0.2, 0.25) is 0 Å². The van der Waals surface area contributed by atoms with Crippen LogP contribution in [0.1, 0.15) is 30.0 Å². The molecule has 0 aliphatic heterocycles. The average Bonchev–Trinajstić information content (AvgIpc) is 2.81. The third-order valence-electron chi connectivity index (χ3n) is 5.24. The molecular weight excluding hydrogens is 426 g/mol. The molecule has 0 saturated carbocycles. The Hall–Kier alpha value is -3.91. The minimum absolute atomic E-state index is 0.114. The summed E-state index contributed by atoms with van der Waals surface area (Å²) in [5.74, 6) is 1.71. The van der Waals surface area contributed by atoms with E-state index in [1.54, 1.807) is 12.3 Å². The van der Waals surface area contributed by atoms with Crippen LogP contribution in [-0.4, -0.2) is 4.98 Å². The van der Waals surface area contributed by atoms with Crippen LogP contribution in [0.3, 0.4) is 0 Å². The largest absolute Gasteiger partial charge is 0.256 e. The number of benzene rings is 3. The van der Waals surface area contributed by atoms with Gasteiger partial charge < -0.3 is 0 Å². The molecule has 164 valence electrons. The molecule has 0 fully saturated rings. The number of rotatable bonds is 4. The fourth-order valence-electron chi connectivity index (χ4n) is 3.48. The molecule has 33 heavy (non-hydrogen) atoms. The second kappa shape index (κ2) is 9.70. The first-order valence-electron chi connectivity index (χ1n) is 10.4. The minimum atomic E-state index is -0.945. The second-order valence-corrected chi connectivity index (χ2v) is 7.52. The van der Waals surface area contributed by atoms with Crippen molar-refractivity contribution < 1.29 is 17.6 Å². The van der Waals surface area contributed by atoms with Crippen LogP contribution in [0, 0.1) is 35.1 Å². The van der Waals surface area contributed by atoms with Gasteiger partial charge in [-0.15, -0.1) is 0 Å². The van der Waals surface area contributed by atoms with Crippen molar-refractivity contribution in [1.29, 1.82) is 0 Å². The van der Waals surface area contributed by atoms with Gasteiger partial charge in [0.2, 0.25) is 0 Å². The lowest BCUT2D eigenvalue weighted by Crippen LogP contribution is -1.94. The van der Waals surface area contributed by atoms with Crippen LogP contribution in [0.25, 0.3) is 22.0 Å². The van der Waals surface area contributed by atoms with Gasteiger partial charge in [-0.3, -0.25) is 4.98 Å². The van der Waals surface area contributed by atoms with Gasteiger partial charge in [0.15, 0.2) is 11.6 Å². The van der Waals surface area contributed by atoms with E-state index in [1.165, 1.54) is 36.4 Å². The van der Waals surface area contributed by atoms with E-state index < -0.39 is 23.3 Å². The van der Waals surface area contributed by atoms with E-state index in [0.29, 0.717) is 22.2 Å². The first-order chi connectivity index (χ1) is 16.0. The van der Waals surface area contributed by atoms with Crippen molar-refractivity contribution >= 4 is 10.8 Å². The van der Waals surface area contributed by atoms with Gasteiger partial charge in [0.05, 0.1) is 11.3 Å². The van der Waals surface area contributed by atoms with E-state index in [1.807, 2.05) is 19.1 Å². The van der Waals surface area contributed by atoms with Crippen LogP contribution in [0.5, 0.6) is 0 Å². The van der Waals surface area contributed by atoms with Crippen molar-refractivity contribution in [2.75, 3.05) is 0 Å². The summed E-state index contributed by atoms with van der Waals surface area (Å²) in [6, 6.07) is 12.9. The maximum absolute atomic E-state index is 14.7. The number of allylic oxidation sites excluding steroid dienone is 2. The lowest BCUT2D eigenvalue weighted by Gasteiger charge is -2.05. The summed E-state index contributed by atoms with van der Waals surface area (Å²) in [4.78, 5) is 4.32. The highest BCUT2D eigenvalue weighted by molar-refractivity contribution is 5.84. The molecule has 1 aromatic heterocycles. The molecule has 0 spiro atoms. The van der Waals surface area contributed by atoms with Gasteiger partial charge in [-0.25, -0.2) is 17.6 Å². The van der Waals surface area contributed by atoms with E-state index in [0.717, 1.165) is 24.5 Å². The summed E-state index contributed by atoms with van der Waals surface area (Å²) in [6.45, 7) is 1.96. The SMILES string of the molecule is C/C=C/CCc1ccc(-c2cc(F)c(C#Cc3ccc4c(F)c(F)ccc4c3)c(F)c2)nc1. The molecule has 1 nitrogen and oxygen atoms in total. The predicted octanol–water partition coefficient (Wildman–Crippen LogP) is 7.37. The predicted molar refractivity (Wildman–Crippen MR) is 123 cm³/mol. The molecule has 0 aliphatic carbocycles. The fourth-order valence-corrected chi connectivity index (χ4v) is 3.48. The van der Waals surface area contributed by atoms with Gasteiger partial charge >= 0.3 is 0 Å². The highest BCUT2D eigenvalue weighted by Crippen LogP contribution is 2.24. The first-order valence-corrected chi connectivity index (χ1v) is 10.4. The lowest BCUT2D eigenvalue weighted by molar-refractivity contribution is 0.517. The van der Waals surface area contributed by atoms with Crippen LogP contribution in [0.4, 0.5) is 17.6 Å². The molecule has 0 unspecified atom stereocenters. The van der Waals surface area contributed by atoms with Gasteiger partial charge in [-0.2, -0.15) is 0 Å². The molecular formula is C28H19F4N. The number of pyridine rings is 1. The zero-order valence-electron chi connectivity index (χ0n) is 17.8. The van der Waals surface area contributed by atoms with E-state index in [2.05, 4.69) is 22.9 Å². The average molecular weight is 445 g/mol. The quantitative estimate of drug-likeness (QED) is 0.182. The number of aromatic nitrogens is 1. The molecule has 0 saturated heterocycles. The molecule has 5 heteroatoms. The highest BCUT2D eigenvalue weighted by atomic mass is 19.2. The zero-order valence-corrected chi connectivity index (χ0v) is 17.8. The smallest absolute Gasteiger partial charge is 0.166 e. The topological polar surface area (TPSA) is 12.9 Å². The molecule has 0 radical (unpaired) electrons. The molecule has 0 amide bonds. The van der Waals surface area contributed by atoms with E-state index >= 15 is 0 Å². The number of halogens is 4. The first kappa shape index (κ1) is 22.3. The number of hydrogen-bond acceptors (Lipinski definition) is 1. The van der Waals surface area contributed by atoms with Gasteiger partial charge in [-0.05, 0) is 67.1 Å². The second-order valence-electron chi connectivity index (χ2n) is 7.52. The maximum Gasteiger partial charge on any atom is 0.166 e. The maximum atomic E-state index is 14.7. The normalized spacial score (nSPS) is 11.1. The van der Waals surface area contributed by atoms with Crippen molar-refractivity contribution in [1.82, 2.24) is 4.98 Å². The molecule has 0 atom stereocenters. The number of nitrogens with zero attached hydrogens (tertiary/aromatic N) is 1. The van der Waals surface area contributed by atoms with Gasteiger partial charge in [-0.1, -0.05) is 42.2 Å². The summed E-state index contributed by atoms with van der Waals surface area (Å²) in [7, 11) is 0. The number of fused-ring (bicyclic) bond motifs is 1. The minimum Gasteiger partial charge on any atom is -0.256 e. The van der Waals surface area contributed by atoms with Gasteiger partial charge in [0.25, 0.3) is 0 Å². The standard InChI is InChI=1S/C28H19F4N/c1-2-3-4-5-19-8-13-27(33-17-19)21-15-25(30)23(26(31)16-21)11-7-18-6-10-22-20(14-18)9-12-24(29)28(22)32/h2-3,6,8-10,12-17H,4-5H2,1H3/b3-2+. The van der Waals surface area contributed by atoms with Gasteiger partial charge in [0.1, 0.15) is 11.6 Å². The molecule has 3 aromatic carbocycles. The molecule has 0 aliphatic rings. The van der Waals surface area contributed by atoms with E-state index in [9.17, 15) is 17.6 Å². The molecule has 0 N–H and O–H groups in total. The van der Waals surface area contributed by atoms with Crippen molar-refractivity contribution in [3.63, 3.8) is 0 Å². The monoisotopic (exact) mass is 445 g/mol. The Balaban J connectivity index is 1.59. The Morgan fingerprint density at radius 2 is 1.64 bits per heavy atom. The van der Waals surface area contributed by atoms with Crippen LogP contribution < -0.4 is 0 Å². The Labute approximate surface area is 189 Å². The molecule has 4 rings (SSSR count). The van der Waals surface area contributed by atoms with E-state index in [4.69, 9.17) is 0 Å². The Morgan fingerprint density at radius 1 is 0.848 bits per heavy atom. The molecule has 0 bridgehead atoms. The highest BCUT2D eigenvalue weighted by Gasteiger charge is 2.12. The van der Waals surface area contributed by atoms with Crippen molar-refractivity contribution in [2.24, 2.45) is 0 Å². The molecule has 4 aromatic rings. The van der Waals surface area contributed by atoms with Crippen LogP contribution in [-0.2, 0) is 6.42 Å². The summed E-state index contributed by atoms with van der Waals surface area (Å²) >= 11 is 0. The van der Waals surface area contributed by atoms with Crippen molar-refractivity contribution in [3.05, 3.63) is 113 Å². The Kier molecular flexibility index (Phi) is 6.55. The van der Waals surface area contributed by atoms with Crippen molar-refractivity contribution in [2.45, 2.75) is 19.8 Å². The molecule has 1 heterocycles. The summed E-state index contributed by atoms with van der Waals surface area (Å²) in [5, 5.41) is 0.555. The summed E-state index contributed by atoms with van der Waals surface area (Å²) in [5.41, 5.74) is 1.88. The number of aryl methyl sites for hydroxylation is 1. The zero-order chi connectivity index (χ0) is 23.4. The number of hydrogen-bond donors (Lipinski definition) is 0. The van der Waals surface area contributed by atoms with E-state index in [-0.39, 0.29) is 10.9 Å². The summed E-state index contributed by atoms with van der Waals surface area (Å²) < 4.78 is 56.5. The third kappa shape index (κ3) is 4.96. The van der Waals surface area contributed by atoms with Gasteiger partial charge in [0, 0.05) is 22.7 Å². The lowest BCUT2D eigenvalue weighted by atomic mass is 10.0. The fraction of sp³-hybridized carbons (Fsp3) is 0.107. The third-order valence-corrected chi connectivity index (χ3v) is 5.24. The van der Waals surface area contributed by atoms with Crippen LogP contribution in [0.15, 0.2) is 72.9 Å². The van der Waals surface area contributed by atoms with Crippen molar-refractivity contribution in [3.8, 4) is 23.1 Å².